The summed E-state index contributed by atoms with van der Waals surface area (Å²) in [6, 6.07) is 10.1. The lowest BCUT2D eigenvalue weighted by Gasteiger charge is -2.16. The highest BCUT2D eigenvalue weighted by atomic mass is 32.1. The Morgan fingerprint density at radius 3 is 3.03 bits per heavy atom. The molecule has 1 amide bonds. The van der Waals surface area contributed by atoms with E-state index in [1.807, 2.05) is 46.8 Å². The van der Waals surface area contributed by atoms with Gasteiger partial charge in [0.15, 0.2) is 11.3 Å². The first-order valence-electron chi connectivity index (χ1n) is 10.3. The molecular formula is C22H24N6OS. The van der Waals surface area contributed by atoms with Crippen LogP contribution in [0.4, 0.5) is 0 Å². The Morgan fingerprint density at radius 1 is 1.33 bits per heavy atom. The van der Waals surface area contributed by atoms with Crippen LogP contribution in [0.2, 0.25) is 0 Å². The summed E-state index contributed by atoms with van der Waals surface area (Å²) in [5, 5.41) is 9.27. The fraction of sp³-hybridized carbons (Fsp3) is 0.364. The highest BCUT2D eigenvalue weighted by Crippen LogP contribution is 2.27. The van der Waals surface area contributed by atoms with E-state index >= 15 is 0 Å². The normalized spacial score (nSPS) is 16.8. The largest absolute Gasteiger partial charge is 0.337 e. The number of carbonyl (C=O) groups is 1. The van der Waals surface area contributed by atoms with Crippen LogP contribution in [0.1, 0.15) is 42.6 Å². The van der Waals surface area contributed by atoms with E-state index in [-0.39, 0.29) is 5.91 Å². The third-order valence-electron chi connectivity index (χ3n) is 5.67. The monoisotopic (exact) mass is 420 g/mol. The molecule has 1 saturated heterocycles. The minimum atomic E-state index is -0.00409. The molecule has 4 aromatic heterocycles. The molecule has 1 aliphatic heterocycles. The molecule has 0 bridgehead atoms. The fourth-order valence-corrected chi connectivity index (χ4v) is 4.95. The Kier molecular flexibility index (Phi) is 4.86. The maximum atomic E-state index is 13.0. The number of likely N-dealkylation sites (tertiary alicyclic amines) is 1. The first-order chi connectivity index (χ1) is 14.6. The van der Waals surface area contributed by atoms with Crippen LogP contribution < -0.4 is 0 Å². The highest BCUT2D eigenvalue weighted by molar-refractivity contribution is 7.13. The minimum absolute atomic E-state index is 0.00409. The quantitative estimate of drug-likeness (QED) is 0.526. The minimum Gasteiger partial charge on any atom is -0.337 e. The molecule has 0 radical (unpaired) electrons. The van der Waals surface area contributed by atoms with E-state index < -0.39 is 0 Å². The summed E-state index contributed by atoms with van der Waals surface area (Å²) in [7, 11) is 0. The zero-order chi connectivity index (χ0) is 20.7. The molecule has 7 nitrogen and oxygen atoms in total. The van der Waals surface area contributed by atoms with Crippen LogP contribution in [0.5, 0.6) is 0 Å². The van der Waals surface area contributed by atoms with Crippen molar-refractivity contribution in [1.29, 1.82) is 0 Å². The van der Waals surface area contributed by atoms with Crippen molar-refractivity contribution in [2.75, 3.05) is 13.1 Å². The van der Waals surface area contributed by atoms with E-state index in [0.717, 1.165) is 53.5 Å². The Hall–Kier alpha value is -3.00. The highest BCUT2D eigenvalue weighted by Gasteiger charge is 2.30. The number of nitrogens with zero attached hydrogens (tertiary/aromatic N) is 5. The lowest BCUT2D eigenvalue weighted by molar-refractivity contribution is 0.0781. The van der Waals surface area contributed by atoms with Crippen LogP contribution in [0.15, 0.2) is 41.9 Å². The van der Waals surface area contributed by atoms with Gasteiger partial charge in [0.2, 0.25) is 0 Å². The summed E-state index contributed by atoms with van der Waals surface area (Å²) in [5.74, 6) is 1.44. The standard InChI is InChI=1S/C22H24N6OS/c1-14(2)28-20(24-16-5-3-8-23-21(16)28)11-15-7-9-27(13-15)22(29)18-12-17(25-26-18)19-6-4-10-30-19/h3-6,8,10,12,14-15H,7,9,11,13H2,1-2H3,(H,25,26)/t15-/m0/s1. The summed E-state index contributed by atoms with van der Waals surface area (Å²) in [6.07, 6.45) is 3.64. The molecule has 1 aliphatic rings. The molecular weight excluding hydrogens is 396 g/mol. The third kappa shape index (κ3) is 3.41. The third-order valence-corrected chi connectivity index (χ3v) is 6.57. The number of hydrogen-bond acceptors (Lipinski definition) is 5. The number of thiophene rings is 1. The van der Waals surface area contributed by atoms with Crippen molar-refractivity contribution in [2.45, 2.75) is 32.7 Å². The second kappa shape index (κ2) is 7.68. The first-order valence-corrected chi connectivity index (χ1v) is 11.2. The lowest BCUT2D eigenvalue weighted by Crippen LogP contribution is -2.29. The van der Waals surface area contributed by atoms with Crippen molar-refractivity contribution in [2.24, 2.45) is 5.92 Å². The maximum Gasteiger partial charge on any atom is 0.274 e. The summed E-state index contributed by atoms with van der Waals surface area (Å²) in [6.45, 7) is 5.80. The van der Waals surface area contributed by atoms with Gasteiger partial charge in [-0.05, 0) is 55.8 Å². The molecule has 8 heteroatoms. The number of pyridine rings is 1. The molecule has 0 saturated carbocycles. The van der Waals surface area contributed by atoms with Crippen LogP contribution in [-0.2, 0) is 6.42 Å². The zero-order valence-electron chi connectivity index (χ0n) is 17.1. The topological polar surface area (TPSA) is 79.7 Å². The van der Waals surface area contributed by atoms with E-state index in [0.29, 0.717) is 17.7 Å². The van der Waals surface area contributed by atoms with Gasteiger partial charge in [-0.15, -0.1) is 11.3 Å². The lowest BCUT2D eigenvalue weighted by atomic mass is 10.0. The second-order valence-corrected chi connectivity index (χ2v) is 9.04. The van der Waals surface area contributed by atoms with E-state index in [1.165, 1.54) is 0 Å². The van der Waals surface area contributed by atoms with E-state index in [9.17, 15) is 4.79 Å². The molecule has 5 rings (SSSR count). The van der Waals surface area contributed by atoms with Crippen molar-refractivity contribution in [3.8, 4) is 10.6 Å². The molecule has 1 N–H and O–H groups in total. The Morgan fingerprint density at radius 2 is 2.23 bits per heavy atom. The molecule has 0 aliphatic carbocycles. The molecule has 0 aromatic carbocycles. The smallest absolute Gasteiger partial charge is 0.274 e. The number of amides is 1. The molecule has 4 aromatic rings. The van der Waals surface area contributed by atoms with Gasteiger partial charge in [0, 0.05) is 31.7 Å². The molecule has 0 unspecified atom stereocenters. The second-order valence-electron chi connectivity index (χ2n) is 8.09. The molecule has 154 valence electrons. The van der Waals surface area contributed by atoms with E-state index in [1.54, 1.807) is 11.3 Å². The zero-order valence-corrected chi connectivity index (χ0v) is 17.9. The van der Waals surface area contributed by atoms with Crippen molar-refractivity contribution in [3.63, 3.8) is 0 Å². The molecule has 1 atom stereocenters. The number of aromatic amines is 1. The Bertz CT molecular complexity index is 1180. The number of fused-ring (bicyclic) bond motifs is 1. The first kappa shape index (κ1) is 19.0. The summed E-state index contributed by atoms with van der Waals surface area (Å²) in [4.78, 5) is 25.3. The number of carbonyl (C=O) groups excluding carboxylic acids is 1. The van der Waals surface area contributed by atoms with Crippen LogP contribution in [-0.4, -0.2) is 48.6 Å². The number of nitrogens with one attached hydrogen (secondary N) is 1. The van der Waals surface area contributed by atoms with Crippen molar-refractivity contribution < 1.29 is 4.79 Å². The SMILES string of the molecule is CC(C)n1c(C[C@@H]2CCN(C(=O)c3cc(-c4cccs4)[nH]n3)C2)nc2cccnc21. The Balaban J connectivity index is 1.30. The van der Waals surface area contributed by atoms with Crippen molar-refractivity contribution in [1.82, 2.24) is 29.6 Å². The van der Waals surface area contributed by atoms with Gasteiger partial charge in [0.05, 0.1) is 10.6 Å². The van der Waals surface area contributed by atoms with E-state index in [4.69, 9.17) is 4.98 Å². The van der Waals surface area contributed by atoms with Gasteiger partial charge in [-0.1, -0.05) is 6.07 Å². The predicted octanol–water partition coefficient (Wildman–Crippen LogP) is 4.17. The average Bonchev–Trinajstić information content (AvgIpc) is 3.52. The summed E-state index contributed by atoms with van der Waals surface area (Å²) >= 11 is 1.63. The number of H-pyrrole nitrogens is 1. The molecule has 1 fully saturated rings. The van der Waals surface area contributed by atoms with Gasteiger partial charge < -0.3 is 9.47 Å². The molecule has 0 spiro atoms. The molecule has 5 heterocycles. The van der Waals surface area contributed by atoms with Gasteiger partial charge in [-0.25, -0.2) is 9.97 Å². The van der Waals surface area contributed by atoms with Crippen LogP contribution >= 0.6 is 11.3 Å². The van der Waals surface area contributed by atoms with Crippen molar-refractivity contribution in [3.05, 3.63) is 53.4 Å². The predicted molar refractivity (Wildman–Crippen MR) is 118 cm³/mol. The average molecular weight is 421 g/mol. The number of hydrogen-bond donors (Lipinski definition) is 1. The van der Waals surface area contributed by atoms with Crippen LogP contribution in [0.3, 0.4) is 0 Å². The number of rotatable bonds is 5. The molecule has 30 heavy (non-hydrogen) atoms. The van der Waals surface area contributed by atoms with E-state index in [2.05, 4.69) is 33.6 Å². The van der Waals surface area contributed by atoms with Gasteiger partial charge >= 0.3 is 0 Å². The summed E-state index contributed by atoms with van der Waals surface area (Å²) in [5.41, 5.74) is 3.25. The summed E-state index contributed by atoms with van der Waals surface area (Å²) < 4.78 is 2.22. The number of aromatic nitrogens is 5. The maximum absolute atomic E-state index is 13.0. The van der Waals surface area contributed by atoms with Crippen LogP contribution in [0.25, 0.3) is 21.7 Å². The van der Waals surface area contributed by atoms with Gasteiger partial charge in [0.1, 0.15) is 11.3 Å². The van der Waals surface area contributed by atoms with Gasteiger partial charge in [-0.2, -0.15) is 5.10 Å². The van der Waals surface area contributed by atoms with Crippen LogP contribution in [0, 0.1) is 5.92 Å². The number of imidazole rings is 1. The van der Waals surface area contributed by atoms with Gasteiger partial charge in [0.25, 0.3) is 5.91 Å². The fourth-order valence-electron chi connectivity index (χ4n) is 4.26. The van der Waals surface area contributed by atoms with Crippen molar-refractivity contribution >= 4 is 28.4 Å². The Labute approximate surface area is 178 Å². The van der Waals surface area contributed by atoms with Gasteiger partial charge in [-0.3, -0.25) is 9.89 Å².